The highest BCUT2D eigenvalue weighted by Crippen LogP contribution is 2.17. The van der Waals surface area contributed by atoms with E-state index in [4.69, 9.17) is 4.74 Å². The molecule has 2 heteroatoms. The first kappa shape index (κ1) is 5.06. The third-order valence-electron chi connectivity index (χ3n) is 1.68. The summed E-state index contributed by atoms with van der Waals surface area (Å²) in [4.78, 5) is 0. The molecule has 0 aromatic rings. The number of hydrogen-bond donors (Lipinski definition) is 1. The fourth-order valence-electron chi connectivity index (χ4n) is 1.17. The zero-order chi connectivity index (χ0) is 6.10. The molecule has 1 aliphatic heterocycles. The molecular weight excluding hydrogens is 114 g/mol. The van der Waals surface area contributed by atoms with Gasteiger partial charge in [0.25, 0.3) is 0 Å². The maximum atomic E-state index is 5.26. The van der Waals surface area contributed by atoms with Crippen LogP contribution in [0, 0.1) is 0 Å². The van der Waals surface area contributed by atoms with Crippen LogP contribution < -0.4 is 5.32 Å². The fraction of sp³-hybridized carbons (Fsp3) is 0.429. The molecule has 2 aliphatic rings. The van der Waals surface area contributed by atoms with Crippen LogP contribution in [0.4, 0.5) is 0 Å². The largest absolute Gasteiger partial charge is 0.481 e. The molecule has 0 saturated carbocycles. The molecule has 0 spiro atoms. The van der Waals surface area contributed by atoms with E-state index in [9.17, 15) is 0 Å². The maximum absolute atomic E-state index is 5.26. The van der Waals surface area contributed by atoms with Crippen LogP contribution in [0.15, 0.2) is 24.0 Å². The van der Waals surface area contributed by atoms with Gasteiger partial charge in [0.15, 0.2) is 0 Å². The first-order chi connectivity index (χ1) is 4.47. The van der Waals surface area contributed by atoms with Gasteiger partial charge in [0.2, 0.25) is 0 Å². The van der Waals surface area contributed by atoms with E-state index in [2.05, 4.69) is 11.4 Å². The molecule has 1 fully saturated rings. The summed E-state index contributed by atoms with van der Waals surface area (Å²) in [5.41, 5.74) is 0. The highest BCUT2D eigenvalue weighted by molar-refractivity contribution is 5.20. The van der Waals surface area contributed by atoms with Gasteiger partial charge in [-0.1, -0.05) is 12.2 Å². The Hall–Kier alpha value is -0.760. The van der Waals surface area contributed by atoms with Crippen molar-refractivity contribution in [3.05, 3.63) is 24.0 Å². The Bertz CT molecular complexity index is 172. The van der Waals surface area contributed by atoms with Gasteiger partial charge < -0.3 is 4.74 Å². The van der Waals surface area contributed by atoms with Gasteiger partial charge in [0.05, 0.1) is 6.04 Å². The van der Waals surface area contributed by atoms with E-state index in [1.54, 1.807) is 0 Å². The Balaban J connectivity index is 2.23. The average molecular weight is 123 g/mol. The van der Waals surface area contributed by atoms with E-state index in [1.165, 1.54) is 0 Å². The van der Waals surface area contributed by atoms with Crippen LogP contribution in [0.2, 0.25) is 0 Å². The van der Waals surface area contributed by atoms with E-state index >= 15 is 0 Å². The normalized spacial score (nSPS) is 31.1. The summed E-state index contributed by atoms with van der Waals surface area (Å²) < 4.78 is 5.26. The summed E-state index contributed by atoms with van der Waals surface area (Å²) in [6.45, 7) is 0.679. The van der Waals surface area contributed by atoms with Crippen LogP contribution >= 0.6 is 0 Å². The summed E-state index contributed by atoms with van der Waals surface area (Å²) in [7, 11) is 0. The fourth-order valence-corrected chi connectivity index (χ4v) is 1.17. The van der Waals surface area contributed by atoms with E-state index < -0.39 is 0 Å². The van der Waals surface area contributed by atoms with Crippen molar-refractivity contribution in [1.82, 2.24) is 5.32 Å². The van der Waals surface area contributed by atoms with Crippen molar-refractivity contribution in [3.63, 3.8) is 0 Å². The van der Waals surface area contributed by atoms with Gasteiger partial charge in [-0.05, 0) is 12.5 Å². The Morgan fingerprint density at radius 3 is 3.56 bits per heavy atom. The summed E-state index contributed by atoms with van der Waals surface area (Å²) in [5.74, 6) is 1.09. The Morgan fingerprint density at radius 2 is 2.67 bits per heavy atom. The van der Waals surface area contributed by atoms with Gasteiger partial charge in [0.1, 0.15) is 12.5 Å². The van der Waals surface area contributed by atoms with Crippen LogP contribution in [0.25, 0.3) is 0 Å². The monoisotopic (exact) mass is 123 g/mol. The maximum Gasteiger partial charge on any atom is 0.139 e. The lowest BCUT2D eigenvalue weighted by Gasteiger charge is -2.08. The van der Waals surface area contributed by atoms with Gasteiger partial charge in [-0.2, -0.15) is 0 Å². The van der Waals surface area contributed by atoms with Gasteiger partial charge in [0, 0.05) is 0 Å². The number of nitrogens with one attached hydrogen (secondary N) is 1. The second-order valence-corrected chi connectivity index (χ2v) is 2.28. The van der Waals surface area contributed by atoms with Gasteiger partial charge in [-0.3, -0.25) is 5.32 Å². The smallest absolute Gasteiger partial charge is 0.139 e. The zero-order valence-corrected chi connectivity index (χ0v) is 5.13. The molecule has 0 radical (unpaired) electrons. The standard InChI is InChI=1S/C7H9NO/c1-2-4-7-6(3-1)8-5-9-7/h1-2,4,6,8H,3,5H2. The molecule has 1 heterocycles. The number of hydrogen-bond acceptors (Lipinski definition) is 2. The Kier molecular flexibility index (Phi) is 1.06. The number of allylic oxidation sites excluding steroid dienone is 2. The minimum atomic E-state index is 0.468. The molecule has 1 N–H and O–H groups in total. The molecule has 2 rings (SSSR count). The van der Waals surface area contributed by atoms with Gasteiger partial charge in [-0.15, -0.1) is 0 Å². The highest BCUT2D eigenvalue weighted by atomic mass is 16.5. The summed E-state index contributed by atoms with van der Waals surface area (Å²) >= 11 is 0. The second-order valence-electron chi connectivity index (χ2n) is 2.28. The number of rotatable bonds is 0. The van der Waals surface area contributed by atoms with Crippen molar-refractivity contribution in [1.29, 1.82) is 0 Å². The highest BCUT2D eigenvalue weighted by Gasteiger charge is 2.20. The van der Waals surface area contributed by atoms with Crippen LogP contribution in [-0.4, -0.2) is 12.8 Å². The Labute approximate surface area is 54.2 Å². The minimum absolute atomic E-state index is 0.468. The van der Waals surface area contributed by atoms with E-state index in [-0.39, 0.29) is 0 Å². The predicted octanol–water partition coefficient (Wildman–Crippen LogP) is 0.776. The topological polar surface area (TPSA) is 21.3 Å². The summed E-state index contributed by atoms with van der Waals surface area (Å²) in [5, 5.41) is 3.22. The quantitative estimate of drug-likeness (QED) is 0.514. The number of fused-ring (bicyclic) bond motifs is 1. The van der Waals surface area contributed by atoms with Crippen molar-refractivity contribution in [3.8, 4) is 0 Å². The predicted molar refractivity (Wildman–Crippen MR) is 34.7 cm³/mol. The van der Waals surface area contributed by atoms with E-state index in [0.29, 0.717) is 12.8 Å². The zero-order valence-electron chi connectivity index (χ0n) is 5.13. The minimum Gasteiger partial charge on any atom is -0.481 e. The van der Waals surface area contributed by atoms with Crippen LogP contribution in [0.3, 0.4) is 0 Å². The molecule has 1 aliphatic carbocycles. The molecule has 1 unspecified atom stereocenters. The molecular formula is C7H9NO. The molecule has 0 amide bonds. The SMILES string of the molecule is C1=CCC2NCOC2=C1. The first-order valence-electron chi connectivity index (χ1n) is 3.20. The first-order valence-corrected chi connectivity index (χ1v) is 3.20. The summed E-state index contributed by atoms with van der Waals surface area (Å²) in [6, 6.07) is 0.468. The second kappa shape index (κ2) is 1.88. The lowest BCUT2D eigenvalue weighted by molar-refractivity contribution is 0.253. The van der Waals surface area contributed by atoms with Crippen molar-refractivity contribution >= 4 is 0 Å². The van der Waals surface area contributed by atoms with Crippen molar-refractivity contribution in [2.75, 3.05) is 6.73 Å². The lowest BCUT2D eigenvalue weighted by atomic mass is 10.1. The van der Waals surface area contributed by atoms with Crippen molar-refractivity contribution in [2.45, 2.75) is 12.5 Å². The van der Waals surface area contributed by atoms with Crippen molar-refractivity contribution < 1.29 is 4.74 Å². The molecule has 1 atom stereocenters. The molecule has 2 nitrogen and oxygen atoms in total. The van der Waals surface area contributed by atoms with Crippen molar-refractivity contribution in [2.24, 2.45) is 0 Å². The third-order valence-corrected chi connectivity index (χ3v) is 1.68. The van der Waals surface area contributed by atoms with Crippen LogP contribution in [0.5, 0.6) is 0 Å². The third kappa shape index (κ3) is 0.754. The van der Waals surface area contributed by atoms with E-state index in [0.717, 1.165) is 12.2 Å². The van der Waals surface area contributed by atoms with Crippen LogP contribution in [0.1, 0.15) is 6.42 Å². The molecule has 1 saturated heterocycles. The van der Waals surface area contributed by atoms with Gasteiger partial charge >= 0.3 is 0 Å². The van der Waals surface area contributed by atoms with E-state index in [1.807, 2.05) is 12.2 Å². The summed E-state index contributed by atoms with van der Waals surface area (Å²) in [6.07, 6.45) is 7.29. The average Bonchev–Trinajstić information content (AvgIpc) is 2.33. The number of ether oxygens (including phenoxy) is 1. The lowest BCUT2D eigenvalue weighted by Crippen LogP contribution is -2.22. The molecule has 0 bridgehead atoms. The molecule has 0 aromatic carbocycles. The Morgan fingerprint density at radius 1 is 1.67 bits per heavy atom. The van der Waals surface area contributed by atoms with Crippen LogP contribution in [-0.2, 0) is 4.74 Å². The molecule has 9 heavy (non-hydrogen) atoms. The molecule has 0 aromatic heterocycles. The van der Waals surface area contributed by atoms with Gasteiger partial charge in [-0.25, -0.2) is 0 Å². The molecule has 48 valence electrons.